The van der Waals surface area contributed by atoms with Crippen LogP contribution in [0.15, 0.2) is 53.5 Å². The van der Waals surface area contributed by atoms with Gasteiger partial charge in [0.2, 0.25) is 5.56 Å². The number of nitrogens with zero attached hydrogens (tertiary/aromatic N) is 2. The van der Waals surface area contributed by atoms with Gasteiger partial charge in [0.15, 0.2) is 0 Å². The number of likely N-dealkylation sites (tertiary alicyclic amines) is 1. The molecule has 1 saturated heterocycles. The zero-order chi connectivity index (χ0) is 19.9. The Morgan fingerprint density at radius 3 is 2.71 bits per heavy atom. The highest BCUT2D eigenvalue weighted by molar-refractivity contribution is 5.93. The van der Waals surface area contributed by atoms with Crippen molar-refractivity contribution in [3.8, 4) is 0 Å². The number of carbonyl (C=O) groups excluding carboxylic acids is 2. The van der Waals surface area contributed by atoms with Gasteiger partial charge in [-0.1, -0.05) is 30.3 Å². The van der Waals surface area contributed by atoms with Crippen molar-refractivity contribution >= 4 is 12.0 Å². The summed E-state index contributed by atoms with van der Waals surface area (Å²) in [5.41, 5.74) is 1.24. The molecular formula is C21H25N3O4. The van der Waals surface area contributed by atoms with Crippen molar-refractivity contribution in [2.24, 2.45) is 13.0 Å². The van der Waals surface area contributed by atoms with Crippen LogP contribution >= 0.6 is 0 Å². The molecule has 2 amide bonds. The molecule has 0 spiro atoms. The van der Waals surface area contributed by atoms with Gasteiger partial charge in [-0.05, 0) is 30.4 Å². The smallest absolute Gasteiger partial charge is 0.410 e. The van der Waals surface area contributed by atoms with E-state index in [4.69, 9.17) is 4.74 Å². The SMILES string of the molecule is Cn1cc(C(=O)NC[C@@H]2CCCN(C(=O)OCc3ccccc3)C2)ccc1=O. The molecule has 0 saturated carbocycles. The van der Waals surface area contributed by atoms with Crippen molar-refractivity contribution in [2.45, 2.75) is 19.4 Å². The van der Waals surface area contributed by atoms with Gasteiger partial charge in [0.05, 0.1) is 5.56 Å². The molecule has 7 nitrogen and oxygen atoms in total. The summed E-state index contributed by atoms with van der Waals surface area (Å²) in [6.45, 7) is 1.95. The first-order valence-corrected chi connectivity index (χ1v) is 9.43. The van der Waals surface area contributed by atoms with E-state index in [2.05, 4.69) is 5.32 Å². The predicted octanol–water partition coefficient (Wildman–Crippen LogP) is 2.16. The largest absolute Gasteiger partial charge is 0.445 e. The summed E-state index contributed by atoms with van der Waals surface area (Å²) >= 11 is 0. The van der Waals surface area contributed by atoms with Crippen LogP contribution in [0, 0.1) is 5.92 Å². The molecule has 2 aromatic rings. The summed E-state index contributed by atoms with van der Waals surface area (Å²) in [4.78, 5) is 37.8. The molecule has 3 rings (SSSR count). The molecule has 148 valence electrons. The zero-order valence-corrected chi connectivity index (χ0v) is 16.0. The Bertz CT molecular complexity index is 879. The number of hydrogen-bond acceptors (Lipinski definition) is 4. The van der Waals surface area contributed by atoms with Gasteiger partial charge in [0.1, 0.15) is 6.61 Å². The lowest BCUT2D eigenvalue weighted by atomic mass is 9.98. The molecule has 0 unspecified atom stereocenters. The van der Waals surface area contributed by atoms with Crippen LogP contribution in [0.5, 0.6) is 0 Å². The van der Waals surface area contributed by atoms with Crippen molar-refractivity contribution in [3.05, 3.63) is 70.1 Å². The van der Waals surface area contributed by atoms with E-state index in [0.29, 0.717) is 25.2 Å². The molecule has 2 heterocycles. The fraction of sp³-hybridized carbons (Fsp3) is 0.381. The topological polar surface area (TPSA) is 80.6 Å². The summed E-state index contributed by atoms with van der Waals surface area (Å²) in [6.07, 6.45) is 3.01. The molecule has 1 atom stereocenters. The molecule has 1 aliphatic rings. The van der Waals surface area contributed by atoms with Crippen molar-refractivity contribution in [1.82, 2.24) is 14.8 Å². The van der Waals surface area contributed by atoms with E-state index in [1.807, 2.05) is 30.3 Å². The van der Waals surface area contributed by atoms with E-state index >= 15 is 0 Å². The predicted molar refractivity (Wildman–Crippen MR) is 105 cm³/mol. The standard InChI is InChI=1S/C21H25N3O4/c1-23-14-18(9-10-19(23)25)20(26)22-12-17-8-5-11-24(13-17)21(27)28-15-16-6-3-2-4-7-16/h2-4,6-7,9-10,14,17H,5,8,11-13,15H2,1H3,(H,22,26)/t17-/m0/s1. The second-order valence-corrected chi connectivity index (χ2v) is 7.07. The number of aryl methyl sites for hydroxylation is 1. The Balaban J connectivity index is 1.47. The Kier molecular flexibility index (Phi) is 6.47. The summed E-state index contributed by atoms with van der Waals surface area (Å²) in [5.74, 6) is -0.0473. The fourth-order valence-corrected chi connectivity index (χ4v) is 3.28. The van der Waals surface area contributed by atoms with E-state index in [0.717, 1.165) is 18.4 Å². The lowest BCUT2D eigenvalue weighted by Crippen LogP contribution is -2.44. The summed E-state index contributed by atoms with van der Waals surface area (Å²) in [5, 5.41) is 2.90. The quantitative estimate of drug-likeness (QED) is 0.858. The summed E-state index contributed by atoms with van der Waals surface area (Å²) in [6, 6.07) is 12.5. The van der Waals surface area contributed by atoms with Crippen LogP contribution in [0.4, 0.5) is 4.79 Å². The van der Waals surface area contributed by atoms with Crippen molar-refractivity contribution in [2.75, 3.05) is 19.6 Å². The van der Waals surface area contributed by atoms with Crippen LogP contribution in [0.3, 0.4) is 0 Å². The molecule has 28 heavy (non-hydrogen) atoms. The minimum Gasteiger partial charge on any atom is -0.445 e. The molecule has 0 aliphatic carbocycles. The van der Waals surface area contributed by atoms with Crippen LogP contribution in [-0.4, -0.2) is 41.1 Å². The first-order chi connectivity index (χ1) is 13.5. The number of aromatic nitrogens is 1. The number of carbonyl (C=O) groups is 2. The number of rotatable bonds is 5. The van der Waals surface area contributed by atoms with Crippen molar-refractivity contribution in [3.63, 3.8) is 0 Å². The number of piperidine rings is 1. The van der Waals surface area contributed by atoms with Crippen LogP contribution in [-0.2, 0) is 18.4 Å². The number of nitrogens with one attached hydrogen (secondary N) is 1. The van der Waals surface area contributed by atoms with Gasteiger partial charge in [0.25, 0.3) is 5.91 Å². The maximum Gasteiger partial charge on any atom is 0.410 e. The maximum absolute atomic E-state index is 12.3. The molecular weight excluding hydrogens is 358 g/mol. The molecule has 1 aromatic carbocycles. The van der Waals surface area contributed by atoms with Crippen LogP contribution < -0.4 is 10.9 Å². The van der Waals surface area contributed by atoms with Gasteiger partial charge in [-0.15, -0.1) is 0 Å². The third-order valence-electron chi connectivity index (χ3n) is 4.88. The van der Waals surface area contributed by atoms with Crippen molar-refractivity contribution < 1.29 is 14.3 Å². The van der Waals surface area contributed by atoms with Gasteiger partial charge in [-0.25, -0.2) is 4.79 Å². The van der Waals surface area contributed by atoms with Gasteiger partial charge in [0, 0.05) is 38.9 Å². The maximum atomic E-state index is 12.3. The normalized spacial score (nSPS) is 16.5. The molecule has 7 heteroatoms. The number of amides is 2. The fourth-order valence-electron chi connectivity index (χ4n) is 3.28. The minimum atomic E-state index is -0.321. The molecule has 0 bridgehead atoms. The van der Waals surface area contributed by atoms with E-state index in [9.17, 15) is 14.4 Å². The van der Waals surface area contributed by atoms with Gasteiger partial charge in [-0.2, -0.15) is 0 Å². The van der Waals surface area contributed by atoms with E-state index in [1.54, 1.807) is 11.9 Å². The van der Waals surface area contributed by atoms with Crippen LogP contribution in [0.1, 0.15) is 28.8 Å². The highest BCUT2D eigenvalue weighted by Crippen LogP contribution is 2.17. The highest BCUT2D eigenvalue weighted by atomic mass is 16.6. The Labute approximate surface area is 163 Å². The second-order valence-electron chi connectivity index (χ2n) is 7.07. The molecule has 1 fully saturated rings. The average Bonchev–Trinajstić information content (AvgIpc) is 2.73. The first kappa shape index (κ1) is 19.7. The first-order valence-electron chi connectivity index (χ1n) is 9.43. The average molecular weight is 383 g/mol. The monoisotopic (exact) mass is 383 g/mol. The van der Waals surface area contributed by atoms with Gasteiger partial charge >= 0.3 is 6.09 Å². The minimum absolute atomic E-state index is 0.159. The molecule has 0 radical (unpaired) electrons. The Hall–Kier alpha value is -3.09. The summed E-state index contributed by atoms with van der Waals surface area (Å²) in [7, 11) is 1.61. The third kappa shape index (κ3) is 5.22. The zero-order valence-electron chi connectivity index (χ0n) is 16.0. The molecule has 1 aliphatic heterocycles. The van der Waals surface area contributed by atoms with Crippen LogP contribution in [0.25, 0.3) is 0 Å². The molecule has 1 aromatic heterocycles. The lowest BCUT2D eigenvalue weighted by molar-refractivity contribution is 0.0776. The number of pyridine rings is 1. The van der Waals surface area contributed by atoms with Gasteiger partial charge < -0.3 is 19.5 Å². The molecule has 1 N–H and O–H groups in total. The van der Waals surface area contributed by atoms with Gasteiger partial charge in [-0.3, -0.25) is 9.59 Å². The van der Waals surface area contributed by atoms with Crippen LogP contribution in [0.2, 0.25) is 0 Å². The highest BCUT2D eigenvalue weighted by Gasteiger charge is 2.25. The second kappa shape index (κ2) is 9.21. The number of hydrogen-bond donors (Lipinski definition) is 1. The van der Waals surface area contributed by atoms with E-state index < -0.39 is 0 Å². The Morgan fingerprint density at radius 1 is 1.18 bits per heavy atom. The number of benzene rings is 1. The summed E-state index contributed by atoms with van der Waals surface area (Å²) < 4.78 is 6.78. The lowest BCUT2D eigenvalue weighted by Gasteiger charge is -2.32. The Morgan fingerprint density at radius 2 is 1.96 bits per heavy atom. The van der Waals surface area contributed by atoms with E-state index in [-0.39, 0.29) is 30.1 Å². The van der Waals surface area contributed by atoms with Crippen molar-refractivity contribution in [1.29, 1.82) is 0 Å². The van der Waals surface area contributed by atoms with E-state index in [1.165, 1.54) is 22.9 Å². The third-order valence-corrected chi connectivity index (χ3v) is 4.88. The number of ether oxygens (including phenoxy) is 1.